The number of hydrogen-bond donors (Lipinski definition) is 1. The van der Waals surface area contributed by atoms with Gasteiger partial charge in [-0.2, -0.15) is 0 Å². The van der Waals surface area contributed by atoms with E-state index < -0.39 is 0 Å². The van der Waals surface area contributed by atoms with Crippen LogP contribution in [0.2, 0.25) is 0 Å². The quantitative estimate of drug-likeness (QED) is 0.817. The molecule has 0 atom stereocenters. The third-order valence-electron chi connectivity index (χ3n) is 4.67. The van der Waals surface area contributed by atoms with Crippen LogP contribution in [-0.4, -0.2) is 13.1 Å². The molecule has 100 valence electrons. The van der Waals surface area contributed by atoms with Gasteiger partial charge >= 0.3 is 0 Å². The summed E-state index contributed by atoms with van der Waals surface area (Å²) in [5, 5.41) is 0. The smallest absolute Gasteiger partial charge is 0.0416 e. The molecule has 18 heavy (non-hydrogen) atoms. The maximum Gasteiger partial charge on any atom is 0.0416 e. The van der Waals surface area contributed by atoms with Crippen molar-refractivity contribution in [3.63, 3.8) is 0 Å². The van der Waals surface area contributed by atoms with E-state index in [0.717, 1.165) is 11.6 Å². The van der Waals surface area contributed by atoms with Crippen molar-refractivity contribution in [2.24, 2.45) is 5.92 Å². The first-order valence-electron chi connectivity index (χ1n) is 7.21. The van der Waals surface area contributed by atoms with Crippen LogP contribution >= 0.6 is 0 Å². The van der Waals surface area contributed by atoms with Gasteiger partial charge in [0.05, 0.1) is 0 Å². The van der Waals surface area contributed by atoms with Gasteiger partial charge in [0, 0.05) is 24.5 Å². The largest absolute Gasteiger partial charge is 0.398 e. The van der Waals surface area contributed by atoms with Crippen LogP contribution in [0.3, 0.4) is 0 Å². The third-order valence-corrected chi connectivity index (χ3v) is 4.67. The molecule has 2 heteroatoms. The molecule has 1 aromatic carbocycles. The number of nitrogens with two attached hydrogens (primary N) is 1. The summed E-state index contributed by atoms with van der Waals surface area (Å²) in [5.74, 6) is 0.955. The molecule has 1 aliphatic rings. The highest BCUT2D eigenvalue weighted by atomic mass is 15.1. The highest BCUT2D eigenvalue weighted by Gasteiger charge is 2.24. The third kappa shape index (κ3) is 2.63. The van der Waals surface area contributed by atoms with E-state index in [1.54, 1.807) is 0 Å². The lowest BCUT2D eigenvalue weighted by molar-refractivity contribution is 0.313. The molecule has 2 rings (SSSR count). The minimum absolute atomic E-state index is 0.688. The summed E-state index contributed by atoms with van der Waals surface area (Å²) in [6.07, 6.45) is 6.75. The number of nitrogen functional groups attached to an aromatic ring is 1. The maximum atomic E-state index is 6.00. The lowest BCUT2D eigenvalue weighted by atomic mass is 9.84. The molecule has 0 bridgehead atoms. The van der Waals surface area contributed by atoms with Crippen molar-refractivity contribution in [3.05, 3.63) is 23.8 Å². The fraction of sp³-hybridized carbons (Fsp3) is 0.625. The van der Waals surface area contributed by atoms with E-state index in [1.165, 1.54) is 43.4 Å². The molecule has 0 unspecified atom stereocenters. The SMILES string of the molecule is CCC1CCC(N(C)c2cccc(N)c2C)CC1. The topological polar surface area (TPSA) is 29.3 Å². The van der Waals surface area contributed by atoms with Crippen molar-refractivity contribution in [3.8, 4) is 0 Å². The second-order valence-corrected chi connectivity index (χ2v) is 5.69. The van der Waals surface area contributed by atoms with Crippen LogP contribution in [0.15, 0.2) is 18.2 Å². The van der Waals surface area contributed by atoms with Gasteiger partial charge in [-0.25, -0.2) is 0 Å². The highest BCUT2D eigenvalue weighted by molar-refractivity contribution is 5.64. The van der Waals surface area contributed by atoms with E-state index >= 15 is 0 Å². The van der Waals surface area contributed by atoms with E-state index in [9.17, 15) is 0 Å². The molecular weight excluding hydrogens is 220 g/mol. The van der Waals surface area contributed by atoms with Crippen LogP contribution in [0, 0.1) is 12.8 Å². The van der Waals surface area contributed by atoms with Crippen LogP contribution < -0.4 is 10.6 Å². The van der Waals surface area contributed by atoms with Gasteiger partial charge < -0.3 is 10.6 Å². The number of benzene rings is 1. The predicted molar refractivity (Wildman–Crippen MR) is 80.0 cm³/mol. The Morgan fingerprint density at radius 1 is 1.22 bits per heavy atom. The van der Waals surface area contributed by atoms with Crippen molar-refractivity contribution < 1.29 is 0 Å². The van der Waals surface area contributed by atoms with Crippen LogP contribution in [-0.2, 0) is 0 Å². The molecule has 1 fully saturated rings. The molecule has 0 aliphatic heterocycles. The zero-order valence-corrected chi connectivity index (χ0v) is 11.9. The Kier molecular flexibility index (Phi) is 4.15. The van der Waals surface area contributed by atoms with Gasteiger partial charge in [0.25, 0.3) is 0 Å². The van der Waals surface area contributed by atoms with Crippen molar-refractivity contribution in [1.82, 2.24) is 0 Å². The molecule has 0 spiro atoms. The van der Waals surface area contributed by atoms with Gasteiger partial charge in [0.2, 0.25) is 0 Å². The fourth-order valence-electron chi connectivity index (χ4n) is 3.16. The van der Waals surface area contributed by atoms with E-state index in [1.807, 2.05) is 6.07 Å². The number of rotatable bonds is 3. The molecule has 0 amide bonds. The van der Waals surface area contributed by atoms with E-state index in [2.05, 4.69) is 37.9 Å². The standard InChI is InChI=1S/C16H26N2/c1-4-13-8-10-14(11-9-13)18(3)16-7-5-6-15(17)12(16)2/h5-7,13-14H,4,8-11,17H2,1-3H3. The van der Waals surface area contributed by atoms with Gasteiger partial charge in [-0.05, 0) is 56.2 Å². The normalized spacial score (nSPS) is 23.9. The summed E-state index contributed by atoms with van der Waals surface area (Å²) in [7, 11) is 2.22. The summed E-state index contributed by atoms with van der Waals surface area (Å²) >= 11 is 0. The average Bonchev–Trinajstić information content (AvgIpc) is 2.41. The Hall–Kier alpha value is -1.18. The summed E-state index contributed by atoms with van der Waals surface area (Å²) in [4.78, 5) is 2.44. The first-order valence-corrected chi connectivity index (χ1v) is 7.21. The van der Waals surface area contributed by atoms with E-state index in [4.69, 9.17) is 5.73 Å². The molecule has 0 heterocycles. The second-order valence-electron chi connectivity index (χ2n) is 5.69. The van der Waals surface area contributed by atoms with Crippen molar-refractivity contribution in [2.45, 2.75) is 52.0 Å². The first-order chi connectivity index (χ1) is 8.63. The number of hydrogen-bond acceptors (Lipinski definition) is 2. The minimum Gasteiger partial charge on any atom is -0.398 e. The number of anilines is 2. The summed E-state index contributed by atoms with van der Waals surface area (Å²) in [6, 6.07) is 6.93. The van der Waals surface area contributed by atoms with Gasteiger partial charge in [0.1, 0.15) is 0 Å². The van der Waals surface area contributed by atoms with Gasteiger partial charge in [-0.15, -0.1) is 0 Å². The molecular formula is C16H26N2. The lowest BCUT2D eigenvalue weighted by Crippen LogP contribution is -2.35. The van der Waals surface area contributed by atoms with Crippen molar-refractivity contribution in [1.29, 1.82) is 0 Å². The lowest BCUT2D eigenvalue weighted by Gasteiger charge is -2.36. The Labute approximate surface area is 111 Å². The summed E-state index contributed by atoms with van der Waals surface area (Å²) in [6.45, 7) is 4.44. The molecule has 0 radical (unpaired) electrons. The molecule has 0 aromatic heterocycles. The highest BCUT2D eigenvalue weighted by Crippen LogP contribution is 2.33. The second kappa shape index (κ2) is 5.64. The van der Waals surface area contributed by atoms with Crippen LogP contribution in [0.4, 0.5) is 11.4 Å². The van der Waals surface area contributed by atoms with E-state index in [-0.39, 0.29) is 0 Å². The van der Waals surface area contributed by atoms with Crippen molar-refractivity contribution in [2.75, 3.05) is 17.7 Å². The van der Waals surface area contributed by atoms with Crippen LogP contribution in [0.25, 0.3) is 0 Å². The summed E-state index contributed by atoms with van der Waals surface area (Å²) in [5.41, 5.74) is 9.43. The Balaban J connectivity index is 2.08. The van der Waals surface area contributed by atoms with Crippen molar-refractivity contribution >= 4 is 11.4 Å². The molecule has 1 aliphatic carbocycles. The molecule has 1 aromatic rings. The molecule has 2 N–H and O–H groups in total. The monoisotopic (exact) mass is 246 g/mol. The Bertz CT molecular complexity index is 392. The Morgan fingerprint density at radius 2 is 1.89 bits per heavy atom. The summed E-state index contributed by atoms with van der Waals surface area (Å²) < 4.78 is 0. The zero-order valence-electron chi connectivity index (χ0n) is 11.9. The fourth-order valence-corrected chi connectivity index (χ4v) is 3.16. The maximum absolute atomic E-state index is 6.00. The number of nitrogens with zero attached hydrogens (tertiary/aromatic N) is 1. The average molecular weight is 246 g/mol. The van der Waals surface area contributed by atoms with Crippen LogP contribution in [0.5, 0.6) is 0 Å². The molecule has 2 nitrogen and oxygen atoms in total. The van der Waals surface area contributed by atoms with Gasteiger partial charge in [0.15, 0.2) is 0 Å². The minimum atomic E-state index is 0.688. The predicted octanol–water partition coefficient (Wildman–Crippen LogP) is 3.98. The zero-order chi connectivity index (χ0) is 13.1. The molecule has 0 saturated heterocycles. The van der Waals surface area contributed by atoms with Gasteiger partial charge in [-0.3, -0.25) is 0 Å². The Morgan fingerprint density at radius 3 is 2.50 bits per heavy atom. The van der Waals surface area contributed by atoms with Gasteiger partial charge in [-0.1, -0.05) is 19.4 Å². The van der Waals surface area contributed by atoms with Crippen LogP contribution in [0.1, 0.15) is 44.6 Å². The van der Waals surface area contributed by atoms with E-state index in [0.29, 0.717) is 6.04 Å². The molecule has 1 saturated carbocycles. The first kappa shape index (κ1) is 13.3.